The maximum atomic E-state index is 11.2. The van der Waals surface area contributed by atoms with Crippen molar-refractivity contribution in [2.45, 2.75) is 0 Å². The Hall–Kier alpha value is -1.56. The van der Waals surface area contributed by atoms with Gasteiger partial charge in [0.25, 0.3) is 5.24 Å². The fourth-order valence-corrected chi connectivity index (χ4v) is 1.49. The first-order valence-electron chi connectivity index (χ1n) is 4.81. The summed E-state index contributed by atoms with van der Waals surface area (Å²) in [6.07, 6.45) is 0. The van der Waals surface area contributed by atoms with E-state index in [9.17, 15) is 4.79 Å². The zero-order valence-corrected chi connectivity index (χ0v) is 11.1. The minimum absolute atomic E-state index is 0.393. The van der Waals surface area contributed by atoms with Crippen LogP contribution >= 0.6 is 12.6 Å². The SMILES string of the molecule is COc1cc(OC)c(N(C)C(=O)S)cc1OC. The molecule has 0 aliphatic heterocycles. The third kappa shape index (κ3) is 2.76. The average molecular weight is 257 g/mol. The van der Waals surface area contributed by atoms with E-state index in [-0.39, 0.29) is 0 Å². The Morgan fingerprint density at radius 3 is 1.94 bits per heavy atom. The van der Waals surface area contributed by atoms with Crippen LogP contribution in [0.1, 0.15) is 0 Å². The minimum atomic E-state index is -0.393. The summed E-state index contributed by atoms with van der Waals surface area (Å²) in [6, 6.07) is 3.31. The fourth-order valence-electron chi connectivity index (χ4n) is 1.38. The van der Waals surface area contributed by atoms with Crippen LogP contribution in [0.25, 0.3) is 0 Å². The van der Waals surface area contributed by atoms with E-state index < -0.39 is 5.24 Å². The zero-order valence-electron chi connectivity index (χ0n) is 10.2. The molecule has 17 heavy (non-hydrogen) atoms. The summed E-state index contributed by atoms with van der Waals surface area (Å²) in [5.74, 6) is 1.56. The Balaban J connectivity index is 3.33. The number of thiol groups is 1. The Kier molecular flexibility index (Phi) is 4.51. The molecule has 0 radical (unpaired) electrons. The van der Waals surface area contributed by atoms with Gasteiger partial charge in [-0.05, 0) is 0 Å². The molecule has 6 heteroatoms. The van der Waals surface area contributed by atoms with E-state index in [0.717, 1.165) is 0 Å². The summed E-state index contributed by atoms with van der Waals surface area (Å²) in [5.41, 5.74) is 0.560. The smallest absolute Gasteiger partial charge is 0.282 e. The van der Waals surface area contributed by atoms with Gasteiger partial charge in [-0.1, -0.05) is 12.6 Å². The van der Waals surface area contributed by atoms with Crippen LogP contribution in [0.3, 0.4) is 0 Å². The molecule has 0 atom stereocenters. The number of nitrogens with zero attached hydrogens (tertiary/aromatic N) is 1. The van der Waals surface area contributed by atoms with Gasteiger partial charge in [0.2, 0.25) is 0 Å². The van der Waals surface area contributed by atoms with Crippen LogP contribution in [-0.2, 0) is 0 Å². The zero-order chi connectivity index (χ0) is 13.0. The van der Waals surface area contributed by atoms with E-state index in [1.165, 1.54) is 26.2 Å². The van der Waals surface area contributed by atoms with Crippen molar-refractivity contribution in [3.63, 3.8) is 0 Å². The molecule has 0 saturated carbocycles. The summed E-state index contributed by atoms with van der Waals surface area (Å²) in [4.78, 5) is 12.6. The molecule has 0 bridgehead atoms. The van der Waals surface area contributed by atoms with Crippen LogP contribution in [-0.4, -0.2) is 33.6 Å². The molecule has 1 aromatic rings. The van der Waals surface area contributed by atoms with Crippen molar-refractivity contribution in [2.75, 3.05) is 33.3 Å². The number of amides is 1. The highest BCUT2D eigenvalue weighted by Gasteiger charge is 2.17. The van der Waals surface area contributed by atoms with Crippen LogP contribution in [0.2, 0.25) is 0 Å². The van der Waals surface area contributed by atoms with Crippen LogP contribution in [0.15, 0.2) is 12.1 Å². The summed E-state index contributed by atoms with van der Waals surface area (Å²) in [6.45, 7) is 0. The second kappa shape index (κ2) is 5.67. The predicted molar refractivity (Wildman–Crippen MR) is 68.9 cm³/mol. The molecule has 0 aromatic heterocycles. The second-order valence-corrected chi connectivity index (χ2v) is 3.60. The molecule has 0 heterocycles. The van der Waals surface area contributed by atoms with Gasteiger partial charge in [-0.15, -0.1) is 0 Å². The minimum Gasteiger partial charge on any atom is -0.494 e. The highest BCUT2D eigenvalue weighted by Crippen LogP contribution is 2.39. The number of methoxy groups -OCH3 is 3. The van der Waals surface area contributed by atoms with Crippen LogP contribution in [0, 0.1) is 0 Å². The van der Waals surface area contributed by atoms with Crippen molar-refractivity contribution in [1.82, 2.24) is 0 Å². The lowest BCUT2D eigenvalue weighted by Crippen LogP contribution is -2.20. The number of carbonyl (C=O) groups is 1. The normalized spacial score (nSPS) is 9.71. The van der Waals surface area contributed by atoms with Gasteiger partial charge < -0.3 is 19.1 Å². The molecule has 5 nitrogen and oxygen atoms in total. The Labute approximate surface area is 106 Å². The average Bonchev–Trinajstić information content (AvgIpc) is 2.35. The first-order valence-corrected chi connectivity index (χ1v) is 5.26. The summed E-state index contributed by atoms with van der Waals surface area (Å²) in [5, 5.41) is -0.393. The Morgan fingerprint density at radius 2 is 1.53 bits per heavy atom. The van der Waals surface area contributed by atoms with Gasteiger partial charge in [-0.3, -0.25) is 4.79 Å². The monoisotopic (exact) mass is 257 g/mol. The molecule has 1 aromatic carbocycles. The molecule has 0 aliphatic carbocycles. The summed E-state index contributed by atoms with van der Waals surface area (Å²) >= 11 is 3.76. The van der Waals surface area contributed by atoms with Crippen molar-refractivity contribution in [1.29, 1.82) is 0 Å². The highest BCUT2D eigenvalue weighted by molar-refractivity contribution is 7.96. The first-order chi connectivity index (χ1) is 8.04. The topological polar surface area (TPSA) is 48.0 Å². The van der Waals surface area contributed by atoms with Gasteiger partial charge in [0, 0.05) is 19.2 Å². The summed E-state index contributed by atoms with van der Waals surface area (Å²) < 4.78 is 15.5. The number of ether oxygens (including phenoxy) is 3. The van der Waals surface area contributed by atoms with E-state index in [0.29, 0.717) is 22.9 Å². The molecular formula is C11H15NO4S. The molecule has 0 N–H and O–H groups in total. The number of hydrogen-bond acceptors (Lipinski definition) is 4. The predicted octanol–water partition coefficient (Wildman–Crippen LogP) is 2.20. The lowest BCUT2D eigenvalue weighted by molar-refractivity contribution is 0.266. The largest absolute Gasteiger partial charge is 0.494 e. The van der Waals surface area contributed by atoms with Gasteiger partial charge in [0.1, 0.15) is 5.75 Å². The van der Waals surface area contributed by atoms with Gasteiger partial charge >= 0.3 is 0 Å². The van der Waals surface area contributed by atoms with Gasteiger partial charge in [-0.2, -0.15) is 0 Å². The first kappa shape index (κ1) is 13.5. The molecule has 1 rings (SSSR count). The molecule has 94 valence electrons. The molecule has 0 saturated heterocycles. The van der Waals surface area contributed by atoms with E-state index in [1.807, 2.05) is 0 Å². The molecule has 0 spiro atoms. The highest BCUT2D eigenvalue weighted by atomic mass is 32.1. The van der Waals surface area contributed by atoms with Gasteiger partial charge in [-0.25, -0.2) is 0 Å². The van der Waals surface area contributed by atoms with Crippen molar-refractivity contribution < 1.29 is 19.0 Å². The lowest BCUT2D eigenvalue weighted by Gasteiger charge is -2.19. The van der Waals surface area contributed by atoms with E-state index in [2.05, 4.69) is 12.6 Å². The van der Waals surface area contributed by atoms with Crippen molar-refractivity contribution in [3.8, 4) is 17.2 Å². The van der Waals surface area contributed by atoms with E-state index in [1.54, 1.807) is 19.2 Å². The third-order valence-corrected chi connectivity index (χ3v) is 2.63. The third-order valence-electron chi connectivity index (χ3n) is 2.33. The Bertz CT molecular complexity index is 422. The molecular weight excluding hydrogens is 242 g/mol. The second-order valence-electron chi connectivity index (χ2n) is 3.22. The standard InChI is InChI=1S/C11H15NO4S/c1-12(11(13)17)7-5-9(15-3)10(16-4)6-8(7)14-2/h5-6H,1-4H3,(H,13,17). The number of benzene rings is 1. The lowest BCUT2D eigenvalue weighted by atomic mass is 10.2. The van der Waals surface area contributed by atoms with Crippen LogP contribution < -0.4 is 19.1 Å². The maximum Gasteiger partial charge on any atom is 0.282 e. The van der Waals surface area contributed by atoms with Crippen LogP contribution in [0.5, 0.6) is 17.2 Å². The molecule has 0 unspecified atom stereocenters. The van der Waals surface area contributed by atoms with Crippen molar-refractivity contribution >= 4 is 23.6 Å². The van der Waals surface area contributed by atoms with Crippen molar-refractivity contribution in [3.05, 3.63) is 12.1 Å². The maximum absolute atomic E-state index is 11.2. The number of carbonyl (C=O) groups excluding carboxylic acids is 1. The number of rotatable bonds is 4. The Morgan fingerprint density at radius 1 is 1.06 bits per heavy atom. The number of hydrogen-bond donors (Lipinski definition) is 1. The van der Waals surface area contributed by atoms with Crippen LogP contribution in [0.4, 0.5) is 10.5 Å². The number of anilines is 1. The van der Waals surface area contributed by atoms with Gasteiger partial charge in [0.05, 0.1) is 27.0 Å². The van der Waals surface area contributed by atoms with E-state index >= 15 is 0 Å². The van der Waals surface area contributed by atoms with E-state index in [4.69, 9.17) is 14.2 Å². The molecule has 0 fully saturated rings. The molecule has 1 amide bonds. The van der Waals surface area contributed by atoms with Crippen molar-refractivity contribution in [2.24, 2.45) is 0 Å². The van der Waals surface area contributed by atoms with Gasteiger partial charge in [0.15, 0.2) is 11.5 Å². The molecule has 0 aliphatic rings. The summed E-state index contributed by atoms with van der Waals surface area (Å²) in [7, 11) is 6.17. The quantitative estimate of drug-likeness (QED) is 0.840. The fraction of sp³-hybridized carbons (Fsp3) is 0.364.